The Hall–Kier alpha value is -1.92. The van der Waals surface area contributed by atoms with Gasteiger partial charge in [0.05, 0.1) is 37.9 Å². The highest BCUT2D eigenvalue weighted by atomic mass is 16.6. The summed E-state index contributed by atoms with van der Waals surface area (Å²) < 4.78 is 23.5. The van der Waals surface area contributed by atoms with Crippen molar-refractivity contribution in [2.45, 2.75) is 103 Å². The lowest BCUT2D eigenvalue weighted by atomic mass is 9.89. The smallest absolute Gasteiger partial charge is 0.330 e. The fraction of sp³-hybridized carbons (Fsp3) is 0.704. The van der Waals surface area contributed by atoms with Gasteiger partial charge in [-0.05, 0) is 57.4 Å². The summed E-state index contributed by atoms with van der Waals surface area (Å²) in [6.45, 7) is 6.22. The van der Waals surface area contributed by atoms with Crippen molar-refractivity contribution in [3.8, 4) is 0 Å². The zero-order chi connectivity index (χ0) is 23.8. The average molecular weight is 461 g/mol. The van der Waals surface area contributed by atoms with E-state index >= 15 is 0 Å². The minimum absolute atomic E-state index is 0.0651. The molecule has 0 aromatic heterocycles. The third-order valence-corrected chi connectivity index (χ3v) is 6.79. The van der Waals surface area contributed by atoms with Gasteiger partial charge in [0.25, 0.3) is 0 Å². The number of allylic oxidation sites excluding steroid dienone is 2. The van der Waals surface area contributed by atoms with Crippen LogP contribution in [-0.2, 0) is 28.5 Å². The monoisotopic (exact) mass is 460 g/mol. The fourth-order valence-electron chi connectivity index (χ4n) is 5.13. The number of esters is 2. The van der Waals surface area contributed by atoms with Crippen LogP contribution >= 0.6 is 0 Å². The first-order valence-corrected chi connectivity index (χ1v) is 12.4. The van der Waals surface area contributed by atoms with E-state index < -0.39 is 0 Å². The van der Waals surface area contributed by atoms with E-state index in [1.54, 1.807) is 6.08 Å². The van der Waals surface area contributed by atoms with E-state index in [1.807, 2.05) is 19.1 Å². The van der Waals surface area contributed by atoms with Crippen molar-refractivity contribution in [3.05, 3.63) is 36.0 Å². The van der Waals surface area contributed by atoms with Gasteiger partial charge in [0.1, 0.15) is 6.10 Å². The highest BCUT2D eigenvalue weighted by Crippen LogP contribution is 2.33. The number of ether oxygens (including phenoxy) is 4. The minimum atomic E-state index is -0.370. The number of methoxy groups -OCH3 is 1. The topological polar surface area (TPSA) is 71.1 Å². The van der Waals surface area contributed by atoms with Gasteiger partial charge in [0.15, 0.2) is 0 Å². The van der Waals surface area contributed by atoms with E-state index in [2.05, 4.69) is 26.0 Å². The third-order valence-electron chi connectivity index (χ3n) is 6.79. The van der Waals surface area contributed by atoms with Gasteiger partial charge in [-0.1, -0.05) is 37.6 Å². The van der Waals surface area contributed by atoms with Gasteiger partial charge in [0.2, 0.25) is 0 Å². The summed E-state index contributed by atoms with van der Waals surface area (Å²) in [4.78, 5) is 24.7. The van der Waals surface area contributed by atoms with Crippen LogP contribution in [0, 0.1) is 11.8 Å². The fourth-order valence-corrected chi connectivity index (χ4v) is 5.13. The largest absolute Gasteiger partial charge is 0.466 e. The van der Waals surface area contributed by atoms with Gasteiger partial charge in [0, 0.05) is 18.4 Å². The molecule has 2 fully saturated rings. The maximum absolute atomic E-state index is 12.8. The van der Waals surface area contributed by atoms with Crippen molar-refractivity contribution < 1.29 is 28.5 Å². The Morgan fingerprint density at radius 2 is 1.70 bits per heavy atom. The maximum atomic E-state index is 12.8. The first-order valence-electron chi connectivity index (χ1n) is 12.4. The summed E-state index contributed by atoms with van der Waals surface area (Å²) in [5, 5.41) is 0. The molecule has 3 heterocycles. The predicted octanol–water partition coefficient (Wildman–Crippen LogP) is 5.07. The van der Waals surface area contributed by atoms with Gasteiger partial charge < -0.3 is 18.9 Å². The molecule has 0 N–H and O–H groups in total. The molecule has 0 aromatic rings. The molecule has 7 atom stereocenters. The average Bonchev–Trinajstić information content (AvgIpc) is 2.76. The van der Waals surface area contributed by atoms with Crippen LogP contribution in [0.15, 0.2) is 36.0 Å². The maximum Gasteiger partial charge on any atom is 0.330 e. The third kappa shape index (κ3) is 8.11. The zero-order valence-electron chi connectivity index (χ0n) is 20.5. The van der Waals surface area contributed by atoms with Crippen LogP contribution in [0.2, 0.25) is 0 Å². The second-order valence-corrected chi connectivity index (χ2v) is 9.80. The number of hydrogen-bond donors (Lipinski definition) is 0. The molecule has 2 saturated heterocycles. The number of cyclic esters (lactones) is 1. The first-order chi connectivity index (χ1) is 15.9. The predicted molar refractivity (Wildman–Crippen MR) is 127 cm³/mol. The normalized spacial score (nSPS) is 38.6. The van der Waals surface area contributed by atoms with Crippen molar-refractivity contribution in [3.63, 3.8) is 0 Å². The Labute approximate surface area is 198 Å². The molecule has 0 amide bonds. The molecule has 3 rings (SSSR count). The Bertz CT molecular complexity index is 754. The number of fused-ring (bicyclic) bond motifs is 4. The Kier molecular flexibility index (Phi) is 9.75. The summed E-state index contributed by atoms with van der Waals surface area (Å²) in [7, 11) is 1.38. The molecule has 0 radical (unpaired) electrons. The molecule has 184 valence electrons. The molecule has 0 saturated carbocycles. The van der Waals surface area contributed by atoms with E-state index in [4.69, 9.17) is 18.9 Å². The van der Waals surface area contributed by atoms with Gasteiger partial charge in [-0.25, -0.2) is 4.79 Å². The molecule has 3 aliphatic heterocycles. The lowest BCUT2D eigenvalue weighted by Crippen LogP contribution is -2.37. The van der Waals surface area contributed by atoms with Gasteiger partial charge >= 0.3 is 11.9 Å². The molecule has 33 heavy (non-hydrogen) atoms. The van der Waals surface area contributed by atoms with Crippen LogP contribution < -0.4 is 0 Å². The molecular formula is C27H40O6. The Morgan fingerprint density at radius 1 is 1.00 bits per heavy atom. The number of hydrogen-bond acceptors (Lipinski definition) is 6. The molecular weight excluding hydrogens is 420 g/mol. The molecule has 0 unspecified atom stereocenters. The van der Waals surface area contributed by atoms with Crippen LogP contribution in [0.4, 0.5) is 0 Å². The van der Waals surface area contributed by atoms with E-state index in [1.165, 1.54) is 7.11 Å². The van der Waals surface area contributed by atoms with E-state index in [-0.39, 0.29) is 54.8 Å². The highest BCUT2D eigenvalue weighted by Gasteiger charge is 2.33. The standard InChI is InChI=1S/C27H40O6/c1-5-7-25-19(3)11-10-18(2)12-21-8-6-9-22(31-21)16-23-13-20(15-26(28)30-4)14-24(32-23)17-27(29)33-25/h5,7,10-11,15,18-19,21-25H,6,8-9,12-14,16-17H2,1-4H3/b7-5+,11-10+,20-15-/t18-,19-,21+,22-,23+,24-,25-/m0/s1. The number of rotatable bonds is 2. The number of carbonyl (C=O) groups excluding carboxylic acids is 2. The van der Waals surface area contributed by atoms with Crippen LogP contribution in [0.25, 0.3) is 0 Å². The zero-order valence-corrected chi connectivity index (χ0v) is 20.5. The van der Waals surface area contributed by atoms with Gasteiger partial charge in [-0.3, -0.25) is 4.79 Å². The SMILES string of the molecule is C/C=C/[C@@H]1OC(=O)C[C@@H]2C/C(=C\C(=O)OC)C[C@H](C[C@@H]3CCC[C@H](C[C@@H](C)/C=C/[C@@H]1C)O3)O2. The van der Waals surface area contributed by atoms with Crippen molar-refractivity contribution >= 4 is 11.9 Å². The molecule has 3 aliphatic rings. The van der Waals surface area contributed by atoms with Crippen LogP contribution in [0.5, 0.6) is 0 Å². The minimum Gasteiger partial charge on any atom is -0.466 e. The molecule has 4 bridgehead atoms. The van der Waals surface area contributed by atoms with Crippen molar-refractivity contribution in [2.75, 3.05) is 7.11 Å². The summed E-state index contributed by atoms with van der Waals surface area (Å²) in [6, 6.07) is 0. The van der Waals surface area contributed by atoms with Crippen molar-refractivity contribution in [1.82, 2.24) is 0 Å². The van der Waals surface area contributed by atoms with E-state index in [0.29, 0.717) is 18.8 Å². The highest BCUT2D eigenvalue weighted by molar-refractivity contribution is 5.82. The molecule has 0 aromatic carbocycles. The van der Waals surface area contributed by atoms with Crippen LogP contribution in [-0.4, -0.2) is 49.6 Å². The van der Waals surface area contributed by atoms with Crippen LogP contribution in [0.3, 0.4) is 0 Å². The molecule has 6 nitrogen and oxygen atoms in total. The van der Waals surface area contributed by atoms with E-state index in [9.17, 15) is 9.59 Å². The molecule has 0 aliphatic carbocycles. The first kappa shape index (κ1) is 25.7. The summed E-state index contributed by atoms with van der Waals surface area (Å²) in [5.74, 6) is -0.201. The quantitative estimate of drug-likeness (QED) is 0.325. The summed E-state index contributed by atoms with van der Waals surface area (Å²) in [6.07, 6.45) is 15.8. The lowest BCUT2D eigenvalue weighted by molar-refractivity contribution is -0.154. The van der Waals surface area contributed by atoms with Gasteiger partial charge in [-0.2, -0.15) is 0 Å². The number of carbonyl (C=O) groups is 2. The van der Waals surface area contributed by atoms with E-state index in [0.717, 1.165) is 37.7 Å². The van der Waals surface area contributed by atoms with Crippen LogP contribution in [0.1, 0.15) is 72.1 Å². The van der Waals surface area contributed by atoms with Crippen molar-refractivity contribution in [2.24, 2.45) is 11.8 Å². The molecule has 6 heteroatoms. The second kappa shape index (κ2) is 12.5. The molecule has 0 spiro atoms. The second-order valence-electron chi connectivity index (χ2n) is 9.80. The Morgan fingerprint density at radius 3 is 2.42 bits per heavy atom. The summed E-state index contributed by atoms with van der Waals surface area (Å²) in [5.41, 5.74) is 0.958. The van der Waals surface area contributed by atoms with Gasteiger partial charge in [-0.15, -0.1) is 0 Å². The lowest BCUT2D eigenvalue weighted by Gasteiger charge is -2.37. The summed E-state index contributed by atoms with van der Waals surface area (Å²) >= 11 is 0. The van der Waals surface area contributed by atoms with Crippen molar-refractivity contribution in [1.29, 1.82) is 0 Å². The Balaban J connectivity index is 1.83.